The molecule has 0 spiro atoms. The number of imidazole rings is 1. The molecule has 0 bridgehead atoms. The monoisotopic (exact) mass is 448 g/mol. The lowest BCUT2D eigenvalue weighted by molar-refractivity contribution is -0.111. The van der Waals surface area contributed by atoms with Crippen LogP contribution in [0.1, 0.15) is 0 Å². The number of hydrogen-bond donors (Lipinski definition) is 2. The number of carbonyl (C=O) groups is 1. The minimum atomic E-state index is -0.623. The molecule has 4 aromatic rings. The molecule has 2 heterocycles. The largest absolute Gasteiger partial charge is 0.491 e. The van der Waals surface area contributed by atoms with Gasteiger partial charge in [0, 0.05) is 12.8 Å². The van der Waals surface area contributed by atoms with Crippen LogP contribution >= 0.6 is 0 Å². The first kappa shape index (κ1) is 21.9. The molecule has 10 heteroatoms. The smallest absolute Gasteiger partial charge is 0.247 e. The van der Waals surface area contributed by atoms with Gasteiger partial charge in [0.1, 0.15) is 24.2 Å². The van der Waals surface area contributed by atoms with Gasteiger partial charge in [-0.1, -0.05) is 12.6 Å². The summed E-state index contributed by atoms with van der Waals surface area (Å²) in [6.07, 6.45) is 3.69. The van der Waals surface area contributed by atoms with Crippen LogP contribution in [-0.2, 0) is 9.53 Å². The summed E-state index contributed by atoms with van der Waals surface area (Å²) in [6, 6.07) is 12.4. The molecule has 1 amide bonds. The Kier molecular flexibility index (Phi) is 6.56. The summed E-state index contributed by atoms with van der Waals surface area (Å²) in [4.78, 5) is 24.4. The number of aromatic nitrogens is 4. The van der Waals surface area contributed by atoms with Crippen molar-refractivity contribution in [1.82, 2.24) is 19.5 Å². The number of nitrogens with one attached hydrogen (secondary N) is 2. The van der Waals surface area contributed by atoms with Gasteiger partial charge >= 0.3 is 0 Å². The average Bonchev–Trinajstić information content (AvgIpc) is 3.26. The van der Waals surface area contributed by atoms with Gasteiger partial charge in [0.25, 0.3) is 0 Å². The third-order valence-corrected chi connectivity index (χ3v) is 4.64. The molecule has 2 aromatic heterocycles. The van der Waals surface area contributed by atoms with Gasteiger partial charge in [-0.15, -0.1) is 0 Å². The van der Waals surface area contributed by atoms with E-state index in [2.05, 4.69) is 32.2 Å². The molecule has 2 N–H and O–H groups in total. The van der Waals surface area contributed by atoms with Crippen LogP contribution in [0.5, 0.6) is 5.75 Å². The molecule has 4 rings (SSSR count). The van der Waals surface area contributed by atoms with E-state index < -0.39 is 5.82 Å². The van der Waals surface area contributed by atoms with E-state index in [1.165, 1.54) is 10.9 Å². The van der Waals surface area contributed by atoms with Crippen LogP contribution in [0.3, 0.4) is 0 Å². The Balaban J connectivity index is 1.59. The molecule has 0 aliphatic carbocycles. The third-order valence-electron chi connectivity index (χ3n) is 4.64. The molecule has 0 saturated carbocycles. The fraction of sp³-hybridized carbons (Fsp3) is 0.130. The van der Waals surface area contributed by atoms with Crippen molar-refractivity contribution in [3.63, 3.8) is 0 Å². The highest BCUT2D eigenvalue weighted by Gasteiger charge is 2.15. The zero-order chi connectivity index (χ0) is 23.2. The molecule has 33 heavy (non-hydrogen) atoms. The van der Waals surface area contributed by atoms with Gasteiger partial charge < -0.3 is 20.1 Å². The number of benzene rings is 2. The number of hydrogen-bond acceptors (Lipinski definition) is 7. The van der Waals surface area contributed by atoms with E-state index in [-0.39, 0.29) is 17.7 Å². The molecule has 0 unspecified atom stereocenters. The Morgan fingerprint density at radius 3 is 2.76 bits per heavy atom. The highest BCUT2D eigenvalue weighted by Crippen LogP contribution is 2.26. The van der Waals surface area contributed by atoms with E-state index in [9.17, 15) is 9.18 Å². The number of amides is 1. The van der Waals surface area contributed by atoms with E-state index >= 15 is 0 Å². The number of rotatable bonds is 9. The first-order chi connectivity index (χ1) is 16.1. The van der Waals surface area contributed by atoms with Crippen molar-refractivity contribution in [1.29, 1.82) is 0 Å². The van der Waals surface area contributed by atoms with Crippen LogP contribution in [0.25, 0.3) is 16.9 Å². The van der Waals surface area contributed by atoms with Gasteiger partial charge in [-0.05, 0) is 42.5 Å². The maximum Gasteiger partial charge on any atom is 0.247 e. The third kappa shape index (κ3) is 4.96. The SMILES string of the molecule is C=CC(=O)Nc1cccc2c1ncn2-c1nc(Nc2ccc(OCCOC)cc2)ncc1F. The quantitative estimate of drug-likeness (QED) is 0.296. The minimum Gasteiger partial charge on any atom is -0.491 e. The maximum absolute atomic E-state index is 14.7. The van der Waals surface area contributed by atoms with Gasteiger partial charge in [-0.2, -0.15) is 4.98 Å². The highest BCUT2D eigenvalue weighted by atomic mass is 19.1. The summed E-state index contributed by atoms with van der Waals surface area (Å²) in [6.45, 7) is 4.39. The zero-order valence-electron chi connectivity index (χ0n) is 17.8. The number of halogens is 1. The van der Waals surface area contributed by atoms with Crippen molar-refractivity contribution in [2.24, 2.45) is 0 Å². The standard InChI is InChI=1S/C23H21FN6O3/c1-3-20(31)28-18-5-4-6-19-21(18)26-14-30(19)22-17(24)13-25-23(29-22)27-15-7-9-16(10-8-15)33-12-11-32-2/h3-10,13-14H,1,11-12H2,2H3,(H,28,31)(H,25,27,29). The second-order valence-corrected chi connectivity index (χ2v) is 6.84. The highest BCUT2D eigenvalue weighted by molar-refractivity contribution is 6.04. The minimum absolute atomic E-state index is 0.0155. The van der Waals surface area contributed by atoms with Crippen molar-refractivity contribution >= 4 is 34.3 Å². The lowest BCUT2D eigenvalue weighted by atomic mass is 10.2. The first-order valence-electron chi connectivity index (χ1n) is 10.0. The zero-order valence-corrected chi connectivity index (χ0v) is 17.8. The normalized spacial score (nSPS) is 10.7. The first-order valence-corrected chi connectivity index (χ1v) is 10.0. The fourth-order valence-electron chi connectivity index (χ4n) is 3.09. The van der Waals surface area contributed by atoms with E-state index in [0.717, 1.165) is 12.3 Å². The molecule has 168 valence electrons. The predicted octanol–water partition coefficient (Wildman–Crippen LogP) is 3.85. The van der Waals surface area contributed by atoms with Crippen molar-refractivity contribution in [3.8, 4) is 11.6 Å². The molecule has 2 aromatic carbocycles. The van der Waals surface area contributed by atoms with Gasteiger partial charge in [-0.3, -0.25) is 9.36 Å². The van der Waals surface area contributed by atoms with Crippen molar-refractivity contribution in [2.45, 2.75) is 0 Å². The summed E-state index contributed by atoms with van der Waals surface area (Å²) in [5.41, 5.74) is 2.25. The molecule has 0 saturated heterocycles. The average molecular weight is 448 g/mol. The predicted molar refractivity (Wildman–Crippen MR) is 123 cm³/mol. The summed E-state index contributed by atoms with van der Waals surface area (Å²) in [5.74, 6) is -0.0733. The van der Waals surface area contributed by atoms with E-state index in [0.29, 0.717) is 41.4 Å². The van der Waals surface area contributed by atoms with Crippen LogP contribution in [0, 0.1) is 5.82 Å². The number of anilines is 3. The van der Waals surface area contributed by atoms with Crippen molar-refractivity contribution < 1.29 is 18.7 Å². The van der Waals surface area contributed by atoms with Crippen LogP contribution < -0.4 is 15.4 Å². The Morgan fingerprint density at radius 2 is 2.00 bits per heavy atom. The number of nitrogens with zero attached hydrogens (tertiary/aromatic N) is 4. The van der Waals surface area contributed by atoms with Gasteiger partial charge in [0.05, 0.1) is 24.0 Å². The summed E-state index contributed by atoms with van der Waals surface area (Å²) in [7, 11) is 1.61. The summed E-state index contributed by atoms with van der Waals surface area (Å²) < 4.78 is 26.6. The van der Waals surface area contributed by atoms with Crippen LogP contribution in [0.4, 0.5) is 21.7 Å². The second-order valence-electron chi connectivity index (χ2n) is 6.84. The maximum atomic E-state index is 14.7. The molecule has 0 fully saturated rings. The topological polar surface area (TPSA) is 103 Å². The molecule has 0 atom stereocenters. The Labute approximate surface area is 188 Å². The Morgan fingerprint density at radius 1 is 1.18 bits per heavy atom. The van der Waals surface area contributed by atoms with Crippen LogP contribution in [-0.4, -0.2) is 45.7 Å². The molecule has 0 aliphatic heterocycles. The number of methoxy groups -OCH3 is 1. The van der Waals surface area contributed by atoms with E-state index in [4.69, 9.17) is 9.47 Å². The fourth-order valence-corrected chi connectivity index (χ4v) is 3.09. The number of carbonyl (C=O) groups excluding carboxylic acids is 1. The number of para-hydroxylation sites is 1. The lowest BCUT2D eigenvalue weighted by Crippen LogP contribution is -2.08. The second kappa shape index (κ2) is 9.88. The van der Waals surface area contributed by atoms with Gasteiger partial charge in [0.15, 0.2) is 11.6 Å². The molecule has 9 nitrogen and oxygen atoms in total. The molecule has 0 aliphatic rings. The Bertz CT molecular complexity index is 1290. The van der Waals surface area contributed by atoms with Crippen LogP contribution in [0.2, 0.25) is 0 Å². The van der Waals surface area contributed by atoms with Gasteiger partial charge in [-0.25, -0.2) is 14.4 Å². The molecular weight excluding hydrogens is 427 g/mol. The lowest BCUT2D eigenvalue weighted by Gasteiger charge is -2.10. The summed E-state index contributed by atoms with van der Waals surface area (Å²) in [5, 5.41) is 5.74. The van der Waals surface area contributed by atoms with Gasteiger partial charge in [0.2, 0.25) is 11.9 Å². The van der Waals surface area contributed by atoms with Crippen molar-refractivity contribution in [2.75, 3.05) is 31.0 Å². The van der Waals surface area contributed by atoms with E-state index in [1.807, 2.05) is 0 Å². The van der Waals surface area contributed by atoms with Crippen molar-refractivity contribution in [3.05, 3.63) is 73.5 Å². The summed E-state index contributed by atoms with van der Waals surface area (Å²) >= 11 is 0. The number of fused-ring (bicyclic) bond motifs is 1. The van der Waals surface area contributed by atoms with E-state index in [1.54, 1.807) is 49.6 Å². The number of ether oxygens (including phenoxy) is 2. The Hall–Kier alpha value is -4.31. The van der Waals surface area contributed by atoms with Crippen LogP contribution in [0.15, 0.2) is 67.6 Å². The molecular formula is C23H21FN6O3. The molecule has 0 radical (unpaired) electrons.